The van der Waals surface area contributed by atoms with Gasteiger partial charge in [-0.15, -0.1) is 12.4 Å². The molecule has 4 heteroatoms. The summed E-state index contributed by atoms with van der Waals surface area (Å²) in [6.45, 7) is 1.55. The predicted molar refractivity (Wildman–Crippen MR) is 66.3 cm³/mol. The Labute approximate surface area is 101 Å². The third-order valence-corrected chi connectivity index (χ3v) is 2.06. The number of halogens is 1. The van der Waals surface area contributed by atoms with Crippen LogP contribution < -0.4 is 5.32 Å². The fraction of sp³-hybridized carbons (Fsp3) is 0.167. The maximum atomic E-state index is 4.23. The van der Waals surface area contributed by atoms with E-state index in [0.29, 0.717) is 0 Å². The van der Waals surface area contributed by atoms with Crippen LogP contribution >= 0.6 is 12.4 Å². The van der Waals surface area contributed by atoms with Crippen LogP contribution in [0.4, 0.5) is 0 Å². The van der Waals surface area contributed by atoms with Gasteiger partial charge in [0.25, 0.3) is 0 Å². The molecule has 0 aromatic carbocycles. The fourth-order valence-corrected chi connectivity index (χ4v) is 1.32. The molecule has 0 fully saturated rings. The summed E-state index contributed by atoms with van der Waals surface area (Å²) in [7, 11) is 0. The van der Waals surface area contributed by atoms with Gasteiger partial charge in [0.05, 0.1) is 11.4 Å². The van der Waals surface area contributed by atoms with Gasteiger partial charge >= 0.3 is 0 Å². The predicted octanol–water partition coefficient (Wildman–Crippen LogP) is 2.19. The molecule has 0 amide bonds. The zero-order valence-corrected chi connectivity index (χ0v) is 9.65. The zero-order valence-electron chi connectivity index (χ0n) is 8.84. The van der Waals surface area contributed by atoms with Gasteiger partial charge in [-0.05, 0) is 24.3 Å². The van der Waals surface area contributed by atoms with Crippen molar-refractivity contribution in [2.45, 2.75) is 13.1 Å². The summed E-state index contributed by atoms with van der Waals surface area (Å²) in [6.07, 6.45) is 3.61. The first-order chi connectivity index (χ1) is 7.45. The lowest BCUT2D eigenvalue weighted by molar-refractivity contribution is 0.667. The van der Waals surface area contributed by atoms with Gasteiger partial charge in [-0.1, -0.05) is 12.1 Å². The average molecular weight is 236 g/mol. The molecule has 0 aliphatic heterocycles. The smallest absolute Gasteiger partial charge is 0.0541 e. The van der Waals surface area contributed by atoms with Crippen LogP contribution in [0, 0.1) is 0 Å². The Morgan fingerprint density at radius 1 is 0.812 bits per heavy atom. The average Bonchev–Trinajstić information content (AvgIpc) is 2.32. The van der Waals surface area contributed by atoms with Crippen molar-refractivity contribution >= 4 is 12.4 Å². The Morgan fingerprint density at radius 2 is 1.31 bits per heavy atom. The van der Waals surface area contributed by atoms with Crippen LogP contribution in [0.3, 0.4) is 0 Å². The van der Waals surface area contributed by atoms with Gasteiger partial charge in [0, 0.05) is 25.5 Å². The van der Waals surface area contributed by atoms with Crippen molar-refractivity contribution < 1.29 is 0 Å². The Bertz CT molecular complexity index is 352. The molecule has 0 atom stereocenters. The van der Waals surface area contributed by atoms with E-state index >= 15 is 0 Å². The summed E-state index contributed by atoms with van der Waals surface area (Å²) in [6, 6.07) is 11.8. The van der Waals surface area contributed by atoms with Crippen LogP contribution in [0.15, 0.2) is 48.8 Å². The quantitative estimate of drug-likeness (QED) is 0.883. The first kappa shape index (κ1) is 12.6. The first-order valence-electron chi connectivity index (χ1n) is 4.96. The highest BCUT2D eigenvalue weighted by atomic mass is 35.5. The monoisotopic (exact) mass is 235 g/mol. The second-order valence-corrected chi connectivity index (χ2v) is 3.25. The van der Waals surface area contributed by atoms with Crippen molar-refractivity contribution in [1.82, 2.24) is 15.3 Å². The lowest BCUT2D eigenvalue weighted by atomic mass is 10.3. The number of nitrogens with one attached hydrogen (secondary N) is 1. The molecule has 2 rings (SSSR count). The molecule has 0 bridgehead atoms. The molecule has 2 aromatic heterocycles. The van der Waals surface area contributed by atoms with Crippen molar-refractivity contribution in [2.24, 2.45) is 0 Å². The van der Waals surface area contributed by atoms with Gasteiger partial charge in [-0.25, -0.2) is 0 Å². The number of rotatable bonds is 4. The molecule has 0 saturated heterocycles. The van der Waals surface area contributed by atoms with Crippen LogP contribution in [-0.2, 0) is 13.1 Å². The first-order valence-corrected chi connectivity index (χ1v) is 4.96. The summed E-state index contributed by atoms with van der Waals surface area (Å²) >= 11 is 0. The van der Waals surface area contributed by atoms with Crippen molar-refractivity contribution in [3.05, 3.63) is 60.2 Å². The summed E-state index contributed by atoms with van der Waals surface area (Å²) < 4.78 is 0. The van der Waals surface area contributed by atoms with Crippen LogP contribution in [0.25, 0.3) is 0 Å². The van der Waals surface area contributed by atoms with Crippen LogP contribution in [-0.4, -0.2) is 9.97 Å². The number of nitrogens with zero attached hydrogens (tertiary/aromatic N) is 2. The second-order valence-electron chi connectivity index (χ2n) is 3.25. The molecule has 0 saturated carbocycles. The third kappa shape index (κ3) is 3.96. The van der Waals surface area contributed by atoms with Crippen molar-refractivity contribution in [1.29, 1.82) is 0 Å². The highest BCUT2D eigenvalue weighted by molar-refractivity contribution is 5.85. The maximum absolute atomic E-state index is 4.23. The largest absolute Gasteiger partial charge is 0.306 e. The topological polar surface area (TPSA) is 37.8 Å². The minimum absolute atomic E-state index is 0. The van der Waals surface area contributed by atoms with Crippen molar-refractivity contribution in [3.8, 4) is 0 Å². The van der Waals surface area contributed by atoms with E-state index in [1.807, 2.05) is 36.4 Å². The van der Waals surface area contributed by atoms with E-state index in [9.17, 15) is 0 Å². The highest BCUT2D eigenvalue weighted by Gasteiger charge is 1.94. The molecular weight excluding hydrogens is 222 g/mol. The Morgan fingerprint density at radius 3 is 1.69 bits per heavy atom. The summed E-state index contributed by atoms with van der Waals surface area (Å²) in [4.78, 5) is 8.45. The third-order valence-electron chi connectivity index (χ3n) is 2.06. The molecule has 0 aliphatic carbocycles. The minimum atomic E-state index is 0. The second kappa shape index (κ2) is 6.93. The van der Waals surface area contributed by atoms with E-state index < -0.39 is 0 Å². The van der Waals surface area contributed by atoms with Gasteiger partial charge in [0.2, 0.25) is 0 Å². The van der Waals surface area contributed by atoms with E-state index in [1.54, 1.807) is 12.4 Å². The lowest BCUT2D eigenvalue weighted by Gasteiger charge is -2.03. The molecule has 0 unspecified atom stereocenters. The normalized spacial score (nSPS) is 9.50. The van der Waals surface area contributed by atoms with E-state index in [4.69, 9.17) is 0 Å². The SMILES string of the molecule is Cl.c1ccc(CNCc2ccccn2)nc1. The van der Waals surface area contributed by atoms with Gasteiger partial charge in [-0.2, -0.15) is 0 Å². The molecule has 16 heavy (non-hydrogen) atoms. The van der Waals surface area contributed by atoms with Crippen molar-refractivity contribution in [3.63, 3.8) is 0 Å². The van der Waals surface area contributed by atoms with Crippen LogP contribution in [0.5, 0.6) is 0 Å². The Kier molecular flexibility index (Phi) is 5.46. The van der Waals surface area contributed by atoms with Crippen LogP contribution in [0.1, 0.15) is 11.4 Å². The van der Waals surface area contributed by atoms with E-state index in [2.05, 4.69) is 15.3 Å². The standard InChI is InChI=1S/C12H13N3.ClH/c1-3-7-14-11(5-1)9-13-10-12-6-2-4-8-15-12;/h1-8,13H,9-10H2;1H. The van der Waals surface area contributed by atoms with Gasteiger partial charge in [0.1, 0.15) is 0 Å². The zero-order chi connectivity index (χ0) is 10.3. The summed E-state index contributed by atoms with van der Waals surface area (Å²) in [5.74, 6) is 0. The van der Waals surface area contributed by atoms with E-state index in [-0.39, 0.29) is 12.4 Å². The highest BCUT2D eigenvalue weighted by Crippen LogP contribution is 1.95. The lowest BCUT2D eigenvalue weighted by Crippen LogP contribution is -2.14. The molecule has 0 spiro atoms. The Balaban J connectivity index is 0.00000128. The van der Waals surface area contributed by atoms with Gasteiger partial charge in [-0.3, -0.25) is 9.97 Å². The van der Waals surface area contributed by atoms with Crippen LogP contribution in [0.2, 0.25) is 0 Å². The Hall–Kier alpha value is -1.45. The molecule has 0 radical (unpaired) electrons. The summed E-state index contributed by atoms with van der Waals surface area (Å²) in [5.41, 5.74) is 2.10. The fourth-order valence-electron chi connectivity index (χ4n) is 1.32. The maximum Gasteiger partial charge on any atom is 0.0541 e. The number of pyridine rings is 2. The molecular formula is C12H14ClN3. The molecule has 84 valence electrons. The van der Waals surface area contributed by atoms with Gasteiger partial charge < -0.3 is 5.32 Å². The van der Waals surface area contributed by atoms with Gasteiger partial charge in [0.15, 0.2) is 0 Å². The summed E-state index contributed by atoms with van der Waals surface area (Å²) in [5, 5.41) is 3.29. The molecule has 0 aliphatic rings. The molecule has 2 heterocycles. The number of hydrogen-bond acceptors (Lipinski definition) is 3. The minimum Gasteiger partial charge on any atom is -0.306 e. The number of hydrogen-bond donors (Lipinski definition) is 1. The molecule has 3 nitrogen and oxygen atoms in total. The number of aromatic nitrogens is 2. The van der Waals surface area contributed by atoms with E-state index in [1.165, 1.54) is 0 Å². The molecule has 2 aromatic rings. The molecule has 1 N–H and O–H groups in total. The van der Waals surface area contributed by atoms with Crippen molar-refractivity contribution in [2.75, 3.05) is 0 Å². The van der Waals surface area contributed by atoms with E-state index in [0.717, 1.165) is 24.5 Å².